The van der Waals surface area contributed by atoms with Crippen LogP contribution >= 0.6 is 0 Å². The highest BCUT2D eigenvalue weighted by Gasteiger charge is 2.27. The van der Waals surface area contributed by atoms with E-state index >= 15 is 0 Å². The molecule has 1 aliphatic heterocycles. The topological polar surface area (TPSA) is 71.6 Å². The highest BCUT2D eigenvalue weighted by atomic mass is 16.5. The summed E-state index contributed by atoms with van der Waals surface area (Å²) in [5.41, 5.74) is 1.41. The van der Waals surface area contributed by atoms with Gasteiger partial charge in [0, 0.05) is 42.5 Å². The molecule has 1 N–H and O–H groups in total. The fourth-order valence-electron chi connectivity index (χ4n) is 3.56. The van der Waals surface area contributed by atoms with E-state index in [9.17, 15) is 9.59 Å². The molecular weight excluding hydrogens is 344 g/mol. The van der Waals surface area contributed by atoms with Crippen LogP contribution in [0.4, 0.5) is 0 Å². The third-order valence-electron chi connectivity index (χ3n) is 4.90. The number of amides is 1. The highest BCUT2D eigenvalue weighted by molar-refractivity contribution is 5.95. The van der Waals surface area contributed by atoms with E-state index in [1.54, 1.807) is 18.9 Å². The average molecular weight is 370 g/mol. The number of hydrogen-bond donors (Lipinski definition) is 1. The molecule has 1 aliphatic rings. The number of methoxy groups -OCH3 is 1. The number of ether oxygens (including phenoxy) is 2. The number of H-pyrrole nitrogens is 1. The predicted molar refractivity (Wildman–Crippen MR) is 104 cm³/mol. The molecule has 0 saturated carbocycles. The van der Waals surface area contributed by atoms with E-state index in [1.165, 1.54) is 6.07 Å². The van der Waals surface area contributed by atoms with E-state index in [2.05, 4.69) is 4.98 Å². The van der Waals surface area contributed by atoms with Crippen LogP contribution in [-0.4, -0.2) is 42.6 Å². The SMILES string of the molecule is COc1cccc(OC[C@H]2CCCN(C(=O)c3c(C)[nH]c(C)cc3=O)C2)c1. The van der Waals surface area contributed by atoms with Crippen LogP contribution in [0.5, 0.6) is 11.5 Å². The van der Waals surface area contributed by atoms with Crippen LogP contribution in [0.3, 0.4) is 0 Å². The zero-order valence-electron chi connectivity index (χ0n) is 16.1. The molecule has 0 bridgehead atoms. The number of aryl methyl sites for hydroxylation is 2. The van der Waals surface area contributed by atoms with Crippen molar-refractivity contribution in [3.05, 3.63) is 57.5 Å². The third-order valence-corrected chi connectivity index (χ3v) is 4.90. The van der Waals surface area contributed by atoms with Crippen LogP contribution in [0.25, 0.3) is 0 Å². The molecule has 2 heterocycles. The number of pyridine rings is 1. The van der Waals surface area contributed by atoms with Crippen molar-refractivity contribution in [3.63, 3.8) is 0 Å². The average Bonchev–Trinajstić information content (AvgIpc) is 2.66. The van der Waals surface area contributed by atoms with E-state index in [4.69, 9.17) is 9.47 Å². The number of carbonyl (C=O) groups is 1. The van der Waals surface area contributed by atoms with E-state index in [0.29, 0.717) is 25.4 Å². The summed E-state index contributed by atoms with van der Waals surface area (Å²) >= 11 is 0. The quantitative estimate of drug-likeness (QED) is 0.878. The summed E-state index contributed by atoms with van der Waals surface area (Å²) in [5.74, 6) is 1.55. The zero-order valence-corrected chi connectivity index (χ0v) is 16.1. The minimum atomic E-state index is -0.219. The Bertz CT molecular complexity index is 875. The number of piperidine rings is 1. The Hall–Kier alpha value is -2.76. The summed E-state index contributed by atoms with van der Waals surface area (Å²) in [6, 6.07) is 8.98. The molecule has 1 aromatic carbocycles. The van der Waals surface area contributed by atoms with Gasteiger partial charge in [0.05, 0.1) is 13.7 Å². The lowest BCUT2D eigenvalue weighted by Gasteiger charge is -2.32. The van der Waals surface area contributed by atoms with Gasteiger partial charge >= 0.3 is 0 Å². The molecule has 0 aliphatic carbocycles. The van der Waals surface area contributed by atoms with Crippen molar-refractivity contribution in [2.75, 3.05) is 26.8 Å². The normalized spacial score (nSPS) is 16.9. The number of benzene rings is 1. The van der Waals surface area contributed by atoms with Gasteiger partial charge in [-0.2, -0.15) is 0 Å². The van der Waals surface area contributed by atoms with E-state index in [1.807, 2.05) is 31.2 Å². The van der Waals surface area contributed by atoms with Gasteiger partial charge in [0.15, 0.2) is 5.43 Å². The minimum Gasteiger partial charge on any atom is -0.497 e. The number of nitrogens with one attached hydrogen (secondary N) is 1. The van der Waals surface area contributed by atoms with Gasteiger partial charge in [-0.05, 0) is 38.8 Å². The maximum Gasteiger partial charge on any atom is 0.259 e. The first kappa shape index (κ1) is 19.0. The lowest BCUT2D eigenvalue weighted by Crippen LogP contribution is -2.43. The summed E-state index contributed by atoms with van der Waals surface area (Å²) in [7, 11) is 1.62. The zero-order chi connectivity index (χ0) is 19.4. The summed E-state index contributed by atoms with van der Waals surface area (Å²) < 4.78 is 11.1. The predicted octanol–water partition coefficient (Wildman–Crippen LogP) is 2.93. The Labute approximate surface area is 159 Å². The standard InChI is InChI=1S/C21H26N2O4/c1-14-10-19(24)20(15(2)22-14)21(25)23-9-5-6-16(12-23)13-27-18-8-4-7-17(11-18)26-3/h4,7-8,10-11,16H,5-6,9,12-13H2,1-3H3,(H,22,24)/t16-/m0/s1. The summed E-state index contributed by atoms with van der Waals surface area (Å²) in [4.78, 5) is 30.1. The molecule has 27 heavy (non-hydrogen) atoms. The number of carbonyl (C=O) groups excluding carboxylic acids is 1. The van der Waals surface area contributed by atoms with Gasteiger partial charge in [0.2, 0.25) is 0 Å². The molecule has 1 saturated heterocycles. The molecule has 0 spiro atoms. The van der Waals surface area contributed by atoms with Crippen LogP contribution in [0.15, 0.2) is 35.1 Å². The number of likely N-dealkylation sites (tertiary alicyclic amines) is 1. The molecular formula is C21H26N2O4. The van der Waals surface area contributed by atoms with E-state index in [-0.39, 0.29) is 22.8 Å². The summed E-state index contributed by atoms with van der Waals surface area (Å²) in [6.07, 6.45) is 1.90. The third kappa shape index (κ3) is 4.51. The van der Waals surface area contributed by atoms with Crippen LogP contribution < -0.4 is 14.9 Å². The molecule has 1 aromatic heterocycles. The fraction of sp³-hybridized carbons (Fsp3) is 0.429. The molecule has 0 unspecified atom stereocenters. The minimum absolute atomic E-state index is 0.195. The van der Waals surface area contributed by atoms with Gasteiger partial charge in [-0.15, -0.1) is 0 Å². The number of rotatable bonds is 5. The Morgan fingerprint density at radius 2 is 2.04 bits per heavy atom. The lowest BCUT2D eigenvalue weighted by molar-refractivity contribution is 0.0631. The number of aromatic nitrogens is 1. The second kappa shape index (κ2) is 8.29. The van der Waals surface area contributed by atoms with Crippen molar-refractivity contribution in [2.45, 2.75) is 26.7 Å². The Morgan fingerprint density at radius 1 is 1.26 bits per heavy atom. The van der Waals surface area contributed by atoms with Gasteiger partial charge in [0.25, 0.3) is 5.91 Å². The van der Waals surface area contributed by atoms with Crippen LogP contribution in [-0.2, 0) is 0 Å². The van der Waals surface area contributed by atoms with Crippen LogP contribution in [0.2, 0.25) is 0 Å². The number of hydrogen-bond acceptors (Lipinski definition) is 4. The first-order valence-corrected chi connectivity index (χ1v) is 9.24. The molecule has 2 aromatic rings. The molecule has 1 amide bonds. The van der Waals surface area contributed by atoms with Crippen molar-refractivity contribution in [2.24, 2.45) is 5.92 Å². The Kier molecular flexibility index (Phi) is 5.84. The van der Waals surface area contributed by atoms with E-state index in [0.717, 1.165) is 30.0 Å². The maximum absolute atomic E-state index is 12.9. The smallest absolute Gasteiger partial charge is 0.259 e. The molecule has 0 radical (unpaired) electrons. The van der Waals surface area contributed by atoms with Gasteiger partial charge < -0.3 is 19.4 Å². The first-order valence-electron chi connectivity index (χ1n) is 9.24. The van der Waals surface area contributed by atoms with E-state index < -0.39 is 0 Å². The molecule has 144 valence electrons. The van der Waals surface area contributed by atoms with Gasteiger partial charge in [-0.1, -0.05) is 6.07 Å². The molecule has 1 atom stereocenters. The lowest BCUT2D eigenvalue weighted by atomic mass is 9.98. The Morgan fingerprint density at radius 3 is 2.78 bits per heavy atom. The molecule has 6 nitrogen and oxygen atoms in total. The number of nitrogens with zero attached hydrogens (tertiary/aromatic N) is 1. The highest BCUT2D eigenvalue weighted by Crippen LogP contribution is 2.23. The van der Waals surface area contributed by atoms with Gasteiger partial charge in [0.1, 0.15) is 17.1 Å². The van der Waals surface area contributed by atoms with Gasteiger partial charge in [-0.25, -0.2) is 0 Å². The summed E-state index contributed by atoms with van der Waals surface area (Å²) in [6.45, 7) is 5.38. The van der Waals surface area contributed by atoms with Gasteiger partial charge in [-0.3, -0.25) is 9.59 Å². The monoisotopic (exact) mass is 370 g/mol. The largest absolute Gasteiger partial charge is 0.497 e. The van der Waals surface area contributed by atoms with Crippen LogP contribution in [0, 0.1) is 19.8 Å². The number of aromatic amines is 1. The second-order valence-corrected chi connectivity index (χ2v) is 7.07. The van der Waals surface area contributed by atoms with Crippen LogP contribution in [0.1, 0.15) is 34.6 Å². The molecule has 6 heteroatoms. The van der Waals surface area contributed by atoms with Crippen molar-refractivity contribution in [1.29, 1.82) is 0 Å². The van der Waals surface area contributed by atoms with Crippen molar-refractivity contribution < 1.29 is 14.3 Å². The Balaban J connectivity index is 1.65. The maximum atomic E-state index is 12.9. The van der Waals surface area contributed by atoms with Crippen molar-refractivity contribution in [3.8, 4) is 11.5 Å². The first-order chi connectivity index (χ1) is 13.0. The fourth-order valence-corrected chi connectivity index (χ4v) is 3.56. The van der Waals surface area contributed by atoms with Crippen molar-refractivity contribution >= 4 is 5.91 Å². The second-order valence-electron chi connectivity index (χ2n) is 7.07. The molecule has 1 fully saturated rings. The summed E-state index contributed by atoms with van der Waals surface area (Å²) in [5, 5.41) is 0. The van der Waals surface area contributed by atoms with Crippen molar-refractivity contribution in [1.82, 2.24) is 9.88 Å². The molecule has 3 rings (SSSR count).